The number of carbonyl (C=O) groups excluding carboxylic acids is 2. The third-order valence-electron chi connectivity index (χ3n) is 2.37. The Morgan fingerprint density at radius 2 is 2.26 bits per heavy atom. The van der Waals surface area contributed by atoms with Crippen molar-refractivity contribution in [2.45, 2.75) is 0 Å². The number of fused-ring (bicyclic) bond motifs is 1. The van der Waals surface area contributed by atoms with Crippen LogP contribution in [0.1, 0.15) is 0 Å². The van der Waals surface area contributed by atoms with Crippen LogP contribution in [0, 0.1) is 0 Å². The molecule has 0 bridgehead atoms. The third kappa shape index (κ3) is 3.05. The summed E-state index contributed by atoms with van der Waals surface area (Å²) >= 11 is 0. The van der Waals surface area contributed by atoms with E-state index in [-0.39, 0.29) is 6.54 Å². The third-order valence-corrected chi connectivity index (χ3v) is 2.37. The monoisotopic (exact) mass is 263 g/mol. The number of carbonyl (C=O) groups is 2. The highest BCUT2D eigenvalue weighted by Crippen LogP contribution is 2.17. The SMILES string of the molecule is COCCNC(=O)C(=O)Nc1[nH]nc2ncccc12. The van der Waals surface area contributed by atoms with Gasteiger partial charge in [-0.2, -0.15) is 5.10 Å². The molecule has 0 spiro atoms. The van der Waals surface area contributed by atoms with Crippen LogP contribution in [-0.2, 0) is 14.3 Å². The number of nitrogens with one attached hydrogen (secondary N) is 3. The van der Waals surface area contributed by atoms with Crippen LogP contribution in [0.5, 0.6) is 0 Å². The molecule has 3 N–H and O–H groups in total. The zero-order valence-electron chi connectivity index (χ0n) is 10.3. The molecule has 0 saturated carbocycles. The maximum absolute atomic E-state index is 11.6. The summed E-state index contributed by atoms with van der Waals surface area (Å²) in [6.07, 6.45) is 1.59. The van der Waals surface area contributed by atoms with E-state index in [2.05, 4.69) is 25.8 Å². The van der Waals surface area contributed by atoms with Crippen LogP contribution in [0.2, 0.25) is 0 Å². The fourth-order valence-electron chi connectivity index (χ4n) is 1.46. The highest BCUT2D eigenvalue weighted by Gasteiger charge is 2.15. The number of nitrogens with zero attached hydrogens (tertiary/aromatic N) is 2. The summed E-state index contributed by atoms with van der Waals surface area (Å²) in [5, 5.41) is 12.0. The van der Waals surface area contributed by atoms with Gasteiger partial charge in [0.2, 0.25) is 0 Å². The topological polar surface area (TPSA) is 109 Å². The quantitative estimate of drug-likeness (QED) is 0.516. The summed E-state index contributed by atoms with van der Waals surface area (Å²) in [5.74, 6) is -1.16. The van der Waals surface area contributed by atoms with Gasteiger partial charge in [0.25, 0.3) is 0 Å². The zero-order chi connectivity index (χ0) is 13.7. The molecule has 0 aliphatic heterocycles. The average Bonchev–Trinajstić information content (AvgIpc) is 2.82. The van der Waals surface area contributed by atoms with Crippen LogP contribution in [0.4, 0.5) is 5.82 Å². The molecule has 2 heterocycles. The Balaban J connectivity index is 2.00. The molecule has 8 heteroatoms. The molecule has 8 nitrogen and oxygen atoms in total. The van der Waals surface area contributed by atoms with E-state index in [4.69, 9.17) is 4.74 Å². The molecule has 19 heavy (non-hydrogen) atoms. The van der Waals surface area contributed by atoms with Crippen molar-refractivity contribution in [2.24, 2.45) is 0 Å². The fraction of sp³-hybridized carbons (Fsp3) is 0.273. The van der Waals surface area contributed by atoms with Crippen molar-refractivity contribution in [3.63, 3.8) is 0 Å². The molecule has 0 radical (unpaired) electrons. The van der Waals surface area contributed by atoms with Gasteiger partial charge < -0.3 is 15.4 Å². The molecule has 0 aliphatic carbocycles. The number of amides is 2. The van der Waals surface area contributed by atoms with Crippen molar-refractivity contribution in [3.8, 4) is 0 Å². The van der Waals surface area contributed by atoms with Gasteiger partial charge in [0.1, 0.15) is 5.82 Å². The lowest BCUT2D eigenvalue weighted by atomic mass is 10.3. The average molecular weight is 263 g/mol. The smallest absolute Gasteiger partial charge is 0.314 e. The van der Waals surface area contributed by atoms with Gasteiger partial charge in [-0.1, -0.05) is 0 Å². The minimum absolute atomic E-state index is 0.272. The summed E-state index contributed by atoms with van der Waals surface area (Å²) in [5.41, 5.74) is 0.470. The minimum atomic E-state index is -0.773. The van der Waals surface area contributed by atoms with E-state index in [1.54, 1.807) is 18.3 Å². The molecular weight excluding hydrogens is 250 g/mol. The highest BCUT2D eigenvalue weighted by molar-refractivity contribution is 6.40. The van der Waals surface area contributed by atoms with Crippen LogP contribution < -0.4 is 10.6 Å². The Morgan fingerprint density at radius 3 is 3.05 bits per heavy atom. The fourth-order valence-corrected chi connectivity index (χ4v) is 1.46. The molecule has 0 unspecified atom stereocenters. The summed E-state index contributed by atoms with van der Waals surface area (Å²) in [6, 6.07) is 3.45. The molecule has 0 atom stereocenters. The lowest BCUT2D eigenvalue weighted by Gasteiger charge is -2.04. The second kappa shape index (κ2) is 5.91. The molecule has 2 aromatic heterocycles. The number of H-pyrrole nitrogens is 1. The summed E-state index contributed by atoms with van der Waals surface area (Å²) in [4.78, 5) is 27.1. The first-order chi connectivity index (χ1) is 9.22. The molecule has 2 aromatic rings. The van der Waals surface area contributed by atoms with E-state index in [1.807, 2.05) is 0 Å². The molecule has 0 saturated heterocycles. The Kier molecular flexibility index (Phi) is 4.04. The Bertz CT molecular complexity index is 595. The second-order valence-electron chi connectivity index (χ2n) is 3.68. The predicted molar refractivity (Wildman–Crippen MR) is 67.4 cm³/mol. The second-order valence-corrected chi connectivity index (χ2v) is 3.68. The van der Waals surface area contributed by atoms with Gasteiger partial charge in [0.05, 0.1) is 12.0 Å². The first kappa shape index (κ1) is 13.0. The number of ether oxygens (including phenoxy) is 1. The van der Waals surface area contributed by atoms with Gasteiger partial charge in [-0.15, -0.1) is 0 Å². The van der Waals surface area contributed by atoms with Crippen LogP contribution in [0.3, 0.4) is 0 Å². The van der Waals surface area contributed by atoms with Gasteiger partial charge in [-0.05, 0) is 12.1 Å². The Labute approximate surface area is 108 Å². The van der Waals surface area contributed by atoms with E-state index in [9.17, 15) is 9.59 Å². The van der Waals surface area contributed by atoms with E-state index in [1.165, 1.54) is 7.11 Å². The number of aromatic nitrogens is 3. The molecule has 0 aliphatic rings. The predicted octanol–water partition coefficient (Wildman–Crippen LogP) is -0.341. The van der Waals surface area contributed by atoms with Gasteiger partial charge in [-0.3, -0.25) is 14.7 Å². The van der Waals surface area contributed by atoms with E-state index in [0.29, 0.717) is 23.5 Å². The number of rotatable bonds is 4. The van der Waals surface area contributed by atoms with E-state index in [0.717, 1.165) is 0 Å². The van der Waals surface area contributed by atoms with Crippen LogP contribution in [0.15, 0.2) is 18.3 Å². The maximum atomic E-state index is 11.6. The molecule has 2 rings (SSSR count). The van der Waals surface area contributed by atoms with Crippen molar-refractivity contribution >= 4 is 28.7 Å². The van der Waals surface area contributed by atoms with Crippen molar-refractivity contribution < 1.29 is 14.3 Å². The Hall–Kier alpha value is -2.48. The summed E-state index contributed by atoms with van der Waals surface area (Å²) in [7, 11) is 1.51. The van der Waals surface area contributed by atoms with Gasteiger partial charge in [0.15, 0.2) is 5.65 Å². The number of methoxy groups -OCH3 is 1. The highest BCUT2D eigenvalue weighted by atomic mass is 16.5. The number of pyridine rings is 1. The zero-order valence-corrected chi connectivity index (χ0v) is 10.3. The lowest BCUT2D eigenvalue weighted by Crippen LogP contribution is -2.37. The lowest BCUT2D eigenvalue weighted by molar-refractivity contribution is -0.136. The van der Waals surface area contributed by atoms with Gasteiger partial charge in [0, 0.05) is 19.9 Å². The largest absolute Gasteiger partial charge is 0.383 e. The first-order valence-corrected chi connectivity index (χ1v) is 5.59. The van der Waals surface area contributed by atoms with Crippen LogP contribution in [0.25, 0.3) is 11.0 Å². The summed E-state index contributed by atoms with van der Waals surface area (Å²) < 4.78 is 4.76. The first-order valence-electron chi connectivity index (χ1n) is 5.59. The van der Waals surface area contributed by atoms with Crippen LogP contribution in [-0.4, -0.2) is 47.3 Å². The molecule has 2 amide bonds. The van der Waals surface area contributed by atoms with E-state index < -0.39 is 11.8 Å². The minimum Gasteiger partial charge on any atom is -0.383 e. The normalized spacial score (nSPS) is 10.4. The van der Waals surface area contributed by atoms with Crippen molar-refractivity contribution in [3.05, 3.63) is 18.3 Å². The molecule has 100 valence electrons. The molecule has 0 aromatic carbocycles. The number of aromatic amines is 1. The maximum Gasteiger partial charge on any atom is 0.314 e. The van der Waals surface area contributed by atoms with Crippen molar-refractivity contribution in [1.29, 1.82) is 0 Å². The number of hydrogen-bond acceptors (Lipinski definition) is 5. The van der Waals surface area contributed by atoms with E-state index >= 15 is 0 Å². The number of anilines is 1. The summed E-state index contributed by atoms with van der Waals surface area (Å²) in [6.45, 7) is 0.615. The number of hydrogen-bond donors (Lipinski definition) is 3. The standard InChI is InChI=1S/C11H13N5O3/c1-19-6-5-13-10(17)11(18)14-9-7-3-2-4-12-8(7)15-16-9/h2-4H,5-6H2,1H3,(H,13,17)(H2,12,14,15,16,18). The molecule has 0 fully saturated rings. The Morgan fingerprint density at radius 1 is 1.42 bits per heavy atom. The van der Waals surface area contributed by atoms with Gasteiger partial charge >= 0.3 is 11.8 Å². The van der Waals surface area contributed by atoms with Gasteiger partial charge in [-0.25, -0.2) is 4.98 Å². The molecular formula is C11H13N5O3. The van der Waals surface area contributed by atoms with Crippen molar-refractivity contribution in [1.82, 2.24) is 20.5 Å². The van der Waals surface area contributed by atoms with Crippen molar-refractivity contribution in [2.75, 3.05) is 25.6 Å². The van der Waals surface area contributed by atoms with Crippen LogP contribution >= 0.6 is 0 Å².